The number of carbonyl (C=O) groups is 1. The molecule has 0 saturated carbocycles. The van der Waals surface area contributed by atoms with Crippen LogP contribution in [0.25, 0.3) is 0 Å². The molecule has 0 radical (unpaired) electrons. The second-order valence-electron chi connectivity index (χ2n) is 4.04. The summed E-state index contributed by atoms with van der Waals surface area (Å²) in [5, 5.41) is 11.0. The van der Waals surface area contributed by atoms with Gasteiger partial charge in [-0.2, -0.15) is 10.2 Å². The third-order valence-corrected chi connectivity index (χ3v) is 2.54. The van der Waals surface area contributed by atoms with E-state index in [0.29, 0.717) is 19.0 Å². The van der Waals surface area contributed by atoms with Gasteiger partial charge in [0.15, 0.2) is 0 Å². The van der Waals surface area contributed by atoms with Gasteiger partial charge in [0.1, 0.15) is 12.4 Å². The Balaban J connectivity index is 1.71. The Bertz CT molecular complexity index is 506. The molecule has 7 nitrogen and oxygen atoms in total. The molecule has 0 fully saturated rings. The fraction of sp³-hybridized carbons (Fsp3) is 0.417. The first kappa shape index (κ1) is 13.3. The van der Waals surface area contributed by atoms with Crippen molar-refractivity contribution in [3.8, 4) is 0 Å². The fourth-order valence-corrected chi connectivity index (χ4v) is 1.65. The molecule has 7 heteroatoms. The van der Waals surface area contributed by atoms with Crippen LogP contribution < -0.4 is 5.32 Å². The monoisotopic (exact) mass is 263 g/mol. The second-order valence-corrected chi connectivity index (χ2v) is 4.04. The minimum atomic E-state index is -0.171. The van der Waals surface area contributed by atoms with Gasteiger partial charge in [-0.15, -0.1) is 0 Å². The normalized spacial score (nSPS) is 10.6. The van der Waals surface area contributed by atoms with Gasteiger partial charge >= 0.3 is 0 Å². The first-order chi connectivity index (χ1) is 9.29. The van der Waals surface area contributed by atoms with Gasteiger partial charge < -0.3 is 10.1 Å². The Labute approximate surface area is 111 Å². The molecule has 0 saturated heterocycles. The van der Waals surface area contributed by atoms with Gasteiger partial charge in [0.2, 0.25) is 0 Å². The van der Waals surface area contributed by atoms with Crippen molar-refractivity contribution in [3.63, 3.8) is 0 Å². The molecule has 2 heterocycles. The van der Waals surface area contributed by atoms with Gasteiger partial charge in [0.05, 0.1) is 0 Å². The molecule has 1 N–H and O–H groups in total. The van der Waals surface area contributed by atoms with Gasteiger partial charge in [0, 0.05) is 38.8 Å². The maximum atomic E-state index is 11.8. The van der Waals surface area contributed by atoms with Crippen molar-refractivity contribution < 1.29 is 9.53 Å². The summed E-state index contributed by atoms with van der Waals surface area (Å²) in [6, 6.07) is 3.54. The number of nitrogens with zero attached hydrogens (tertiary/aromatic N) is 4. The highest BCUT2D eigenvalue weighted by atomic mass is 16.5. The van der Waals surface area contributed by atoms with Crippen LogP contribution in [-0.2, 0) is 18.0 Å². The second kappa shape index (κ2) is 6.69. The molecule has 0 aliphatic rings. The highest BCUT2D eigenvalue weighted by Crippen LogP contribution is 1.96. The molecule has 19 heavy (non-hydrogen) atoms. The third kappa shape index (κ3) is 3.92. The molecule has 2 aromatic heterocycles. The van der Waals surface area contributed by atoms with Crippen LogP contribution in [0.4, 0.5) is 0 Å². The summed E-state index contributed by atoms with van der Waals surface area (Å²) in [5.41, 5.74) is 0.399. The van der Waals surface area contributed by atoms with E-state index in [-0.39, 0.29) is 5.91 Å². The molecule has 0 aromatic carbocycles. The Hall–Kier alpha value is -2.15. The molecule has 0 aliphatic heterocycles. The van der Waals surface area contributed by atoms with Crippen molar-refractivity contribution in [2.24, 2.45) is 0 Å². The average molecular weight is 263 g/mol. The first-order valence-electron chi connectivity index (χ1n) is 6.07. The number of aryl methyl sites for hydroxylation is 1. The summed E-state index contributed by atoms with van der Waals surface area (Å²) < 4.78 is 8.32. The fourth-order valence-electron chi connectivity index (χ4n) is 1.65. The first-order valence-corrected chi connectivity index (χ1v) is 6.07. The molecule has 0 bridgehead atoms. The predicted molar refractivity (Wildman–Crippen MR) is 68.4 cm³/mol. The zero-order chi connectivity index (χ0) is 13.5. The molecule has 0 atom stereocenters. The number of carbonyl (C=O) groups excluding carboxylic acids is 1. The lowest BCUT2D eigenvalue weighted by Crippen LogP contribution is -2.26. The van der Waals surface area contributed by atoms with Gasteiger partial charge in [-0.25, -0.2) is 4.68 Å². The number of nitrogens with one attached hydrogen (secondary N) is 1. The average Bonchev–Trinajstić information content (AvgIpc) is 3.06. The number of hydrogen-bond acceptors (Lipinski definition) is 4. The van der Waals surface area contributed by atoms with Gasteiger partial charge in [0.25, 0.3) is 5.91 Å². The van der Waals surface area contributed by atoms with Crippen molar-refractivity contribution in [2.45, 2.75) is 19.7 Å². The van der Waals surface area contributed by atoms with E-state index < -0.39 is 0 Å². The van der Waals surface area contributed by atoms with Crippen LogP contribution in [-0.4, -0.2) is 39.1 Å². The minimum absolute atomic E-state index is 0.171. The number of methoxy groups -OCH3 is 1. The number of ether oxygens (including phenoxy) is 1. The molecule has 2 rings (SSSR count). The quantitative estimate of drug-likeness (QED) is 0.738. The number of rotatable bonds is 7. The smallest absolute Gasteiger partial charge is 0.271 e. The highest BCUT2D eigenvalue weighted by molar-refractivity contribution is 5.92. The Morgan fingerprint density at radius 2 is 2.32 bits per heavy atom. The molecular weight excluding hydrogens is 246 g/mol. The van der Waals surface area contributed by atoms with Crippen LogP contribution in [0.5, 0.6) is 0 Å². The number of hydrogen-bond donors (Lipinski definition) is 1. The van der Waals surface area contributed by atoms with E-state index >= 15 is 0 Å². The maximum Gasteiger partial charge on any atom is 0.271 e. The van der Waals surface area contributed by atoms with E-state index in [0.717, 1.165) is 13.0 Å². The zero-order valence-corrected chi connectivity index (χ0v) is 10.8. The summed E-state index contributed by atoms with van der Waals surface area (Å²) in [6.45, 7) is 1.72. The van der Waals surface area contributed by atoms with Gasteiger partial charge in [-0.05, 0) is 18.6 Å². The molecule has 102 valence electrons. The summed E-state index contributed by atoms with van der Waals surface area (Å²) >= 11 is 0. The van der Waals surface area contributed by atoms with Crippen molar-refractivity contribution in [1.82, 2.24) is 24.9 Å². The van der Waals surface area contributed by atoms with E-state index in [4.69, 9.17) is 4.74 Å². The predicted octanol–water partition coefficient (Wildman–Crippen LogP) is 0.504. The minimum Gasteiger partial charge on any atom is -0.362 e. The van der Waals surface area contributed by atoms with Crippen molar-refractivity contribution >= 4 is 5.91 Å². The topological polar surface area (TPSA) is 74.0 Å². The lowest BCUT2D eigenvalue weighted by molar-refractivity contribution is 0.0939. The van der Waals surface area contributed by atoms with Crippen LogP contribution in [0.3, 0.4) is 0 Å². The van der Waals surface area contributed by atoms with E-state index in [1.807, 2.05) is 16.9 Å². The molecule has 0 aliphatic carbocycles. The van der Waals surface area contributed by atoms with Crippen LogP contribution in [0.1, 0.15) is 16.9 Å². The number of amides is 1. The third-order valence-electron chi connectivity index (χ3n) is 2.54. The summed E-state index contributed by atoms with van der Waals surface area (Å²) in [5.74, 6) is -0.171. The molecular formula is C12H17N5O2. The molecule has 0 spiro atoms. The molecule has 1 amide bonds. The van der Waals surface area contributed by atoms with E-state index in [1.54, 1.807) is 30.3 Å². The molecule has 2 aromatic rings. The van der Waals surface area contributed by atoms with Crippen LogP contribution in [0, 0.1) is 0 Å². The Morgan fingerprint density at radius 3 is 3.05 bits per heavy atom. The summed E-state index contributed by atoms with van der Waals surface area (Å²) in [4.78, 5) is 11.8. The SMILES string of the molecule is COCn1ccc(C(=O)NCCCn2cccn2)n1. The maximum absolute atomic E-state index is 11.8. The number of aromatic nitrogens is 4. The Morgan fingerprint density at radius 1 is 1.42 bits per heavy atom. The van der Waals surface area contributed by atoms with Gasteiger partial charge in [-0.1, -0.05) is 0 Å². The van der Waals surface area contributed by atoms with Crippen molar-refractivity contribution in [1.29, 1.82) is 0 Å². The highest BCUT2D eigenvalue weighted by Gasteiger charge is 2.08. The van der Waals surface area contributed by atoms with Crippen molar-refractivity contribution in [3.05, 3.63) is 36.4 Å². The largest absolute Gasteiger partial charge is 0.362 e. The van der Waals surface area contributed by atoms with Crippen LogP contribution >= 0.6 is 0 Å². The van der Waals surface area contributed by atoms with Gasteiger partial charge in [-0.3, -0.25) is 9.48 Å². The Kier molecular flexibility index (Phi) is 4.68. The zero-order valence-electron chi connectivity index (χ0n) is 10.8. The van der Waals surface area contributed by atoms with E-state index in [2.05, 4.69) is 15.5 Å². The summed E-state index contributed by atoms with van der Waals surface area (Å²) in [6.07, 6.45) is 6.17. The summed E-state index contributed by atoms with van der Waals surface area (Å²) in [7, 11) is 1.58. The van der Waals surface area contributed by atoms with Crippen LogP contribution in [0.2, 0.25) is 0 Å². The van der Waals surface area contributed by atoms with Crippen molar-refractivity contribution in [2.75, 3.05) is 13.7 Å². The lowest BCUT2D eigenvalue weighted by atomic mass is 10.3. The standard InChI is InChI=1S/C12H17N5O2/c1-19-10-17-9-4-11(15-17)12(18)13-5-2-7-16-8-3-6-14-16/h3-4,6,8-9H,2,5,7,10H2,1H3,(H,13,18). The lowest BCUT2D eigenvalue weighted by Gasteiger charge is -2.03. The van der Waals surface area contributed by atoms with E-state index in [1.165, 1.54) is 0 Å². The van der Waals surface area contributed by atoms with Crippen LogP contribution in [0.15, 0.2) is 30.7 Å². The molecule has 0 unspecified atom stereocenters. The van der Waals surface area contributed by atoms with E-state index in [9.17, 15) is 4.79 Å².